The molecule has 94 valence electrons. The maximum absolute atomic E-state index is 5.13. The lowest BCUT2D eigenvalue weighted by atomic mass is 9.75. The second-order valence-electron chi connectivity index (χ2n) is 5.69. The van der Waals surface area contributed by atoms with Crippen LogP contribution < -0.4 is 10.1 Å². The molecule has 3 heteroatoms. The molecule has 1 atom stereocenters. The minimum absolute atomic E-state index is 0.465. The maximum Gasteiger partial charge on any atom is 0.214 e. The summed E-state index contributed by atoms with van der Waals surface area (Å²) in [6.07, 6.45) is 6.93. The third kappa shape index (κ3) is 3.35. The topological polar surface area (TPSA) is 34.1 Å². The van der Waals surface area contributed by atoms with Gasteiger partial charge in [0.2, 0.25) is 5.88 Å². The summed E-state index contributed by atoms with van der Waals surface area (Å²) < 4.78 is 5.13. The lowest BCUT2D eigenvalue weighted by molar-refractivity contribution is 0.229. The predicted octanol–water partition coefficient (Wildman–Crippen LogP) is 3.47. The summed E-state index contributed by atoms with van der Waals surface area (Å²) in [4.78, 5) is 4.12. The zero-order valence-electron chi connectivity index (χ0n) is 11.0. The Morgan fingerprint density at radius 3 is 3.00 bits per heavy atom. The van der Waals surface area contributed by atoms with Crippen LogP contribution in [0, 0.1) is 5.41 Å². The summed E-state index contributed by atoms with van der Waals surface area (Å²) >= 11 is 0. The molecule has 0 radical (unpaired) electrons. The fourth-order valence-corrected chi connectivity index (χ4v) is 2.67. The van der Waals surface area contributed by atoms with Crippen molar-refractivity contribution in [3.05, 3.63) is 18.3 Å². The van der Waals surface area contributed by atoms with Gasteiger partial charge in [-0.2, -0.15) is 0 Å². The smallest absolute Gasteiger partial charge is 0.214 e. The third-order valence-electron chi connectivity index (χ3n) is 3.52. The highest BCUT2D eigenvalue weighted by Crippen LogP contribution is 2.36. The first kappa shape index (κ1) is 12.2. The zero-order chi connectivity index (χ0) is 12.3. The summed E-state index contributed by atoms with van der Waals surface area (Å²) in [6, 6.07) is 4.54. The minimum Gasteiger partial charge on any atom is -0.481 e. The van der Waals surface area contributed by atoms with Crippen LogP contribution in [0.25, 0.3) is 0 Å². The van der Waals surface area contributed by atoms with E-state index in [2.05, 4.69) is 24.1 Å². The minimum atomic E-state index is 0.465. The Bertz CT molecular complexity index is 376. The Labute approximate surface area is 104 Å². The first-order valence-electron chi connectivity index (χ1n) is 6.36. The van der Waals surface area contributed by atoms with E-state index in [4.69, 9.17) is 4.74 Å². The van der Waals surface area contributed by atoms with Crippen LogP contribution in [0.15, 0.2) is 18.3 Å². The summed E-state index contributed by atoms with van der Waals surface area (Å²) in [5, 5.41) is 3.59. The Balaban J connectivity index is 2.00. The number of anilines is 1. The summed E-state index contributed by atoms with van der Waals surface area (Å²) in [5.41, 5.74) is 1.58. The van der Waals surface area contributed by atoms with E-state index in [-0.39, 0.29) is 0 Å². The van der Waals surface area contributed by atoms with E-state index < -0.39 is 0 Å². The molecule has 1 fully saturated rings. The second kappa shape index (κ2) is 4.94. The molecule has 1 aromatic rings. The molecule has 3 nitrogen and oxygen atoms in total. The predicted molar refractivity (Wildman–Crippen MR) is 70.4 cm³/mol. The normalized spacial score (nSPS) is 23.1. The van der Waals surface area contributed by atoms with Gasteiger partial charge in [0.1, 0.15) is 0 Å². The zero-order valence-corrected chi connectivity index (χ0v) is 11.0. The lowest BCUT2D eigenvalue weighted by Gasteiger charge is -2.36. The first-order valence-corrected chi connectivity index (χ1v) is 6.36. The van der Waals surface area contributed by atoms with Gasteiger partial charge in [-0.05, 0) is 30.7 Å². The fourth-order valence-electron chi connectivity index (χ4n) is 2.67. The van der Waals surface area contributed by atoms with Crippen molar-refractivity contribution >= 4 is 5.69 Å². The Hall–Kier alpha value is -1.25. The second-order valence-corrected chi connectivity index (χ2v) is 5.69. The Morgan fingerprint density at radius 2 is 2.29 bits per heavy atom. The number of nitrogens with zero attached hydrogens (tertiary/aromatic N) is 1. The third-order valence-corrected chi connectivity index (χ3v) is 3.52. The van der Waals surface area contributed by atoms with Gasteiger partial charge in [0.25, 0.3) is 0 Å². The molecule has 0 amide bonds. The van der Waals surface area contributed by atoms with Crippen molar-refractivity contribution < 1.29 is 4.74 Å². The molecule has 17 heavy (non-hydrogen) atoms. The van der Waals surface area contributed by atoms with Gasteiger partial charge >= 0.3 is 0 Å². The van der Waals surface area contributed by atoms with Gasteiger partial charge < -0.3 is 10.1 Å². The molecular formula is C14H22N2O. The van der Waals surface area contributed by atoms with Crippen LogP contribution in [0.3, 0.4) is 0 Å². The molecule has 0 saturated heterocycles. The van der Waals surface area contributed by atoms with E-state index in [1.807, 2.05) is 12.1 Å². The van der Waals surface area contributed by atoms with Gasteiger partial charge in [-0.15, -0.1) is 0 Å². The molecule has 2 rings (SSSR count). The van der Waals surface area contributed by atoms with Crippen LogP contribution in [0.5, 0.6) is 5.88 Å². The molecule has 1 aromatic heterocycles. The molecule has 0 spiro atoms. The molecule has 1 aliphatic rings. The fraction of sp³-hybridized carbons (Fsp3) is 0.643. The lowest BCUT2D eigenvalue weighted by Crippen LogP contribution is -2.31. The molecule has 1 heterocycles. The van der Waals surface area contributed by atoms with Crippen molar-refractivity contribution in [1.29, 1.82) is 0 Å². The number of nitrogens with one attached hydrogen (secondary N) is 1. The largest absolute Gasteiger partial charge is 0.481 e. The van der Waals surface area contributed by atoms with Crippen molar-refractivity contribution in [3.63, 3.8) is 0 Å². The number of rotatable bonds is 3. The van der Waals surface area contributed by atoms with Crippen LogP contribution in [0.4, 0.5) is 5.69 Å². The van der Waals surface area contributed by atoms with E-state index in [1.165, 1.54) is 25.7 Å². The first-order chi connectivity index (χ1) is 8.09. The monoisotopic (exact) mass is 234 g/mol. The van der Waals surface area contributed by atoms with Crippen LogP contribution in [-0.4, -0.2) is 18.1 Å². The number of pyridine rings is 1. The summed E-state index contributed by atoms with van der Waals surface area (Å²) in [6.45, 7) is 4.71. The van der Waals surface area contributed by atoms with Gasteiger partial charge in [0, 0.05) is 24.0 Å². The number of ether oxygens (including phenoxy) is 1. The van der Waals surface area contributed by atoms with Gasteiger partial charge in [-0.3, -0.25) is 0 Å². The van der Waals surface area contributed by atoms with Crippen LogP contribution in [0.2, 0.25) is 0 Å². The van der Waals surface area contributed by atoms with Gasteiger partial charge in [0.05, 0.1) is 7.11 Å². The Morgan fingerprint density at radius 1 is 1.47 bits per heavy atom. The maximum atomic E-state index is 5.13. The quantitative estimate of drug-likeness (QED) is 0.869. The number of hydrogen-bond donors (Lipinski definition) is 1. The van der Waals surface area contributed by atoms with Crippen molar-refractivity contribution in [3.8, 4) is 5.88 Å². The van der Waals surface area contributed by atoms with Crippen LogP contribution in [0.1, 0.15) is 39.5 Å². The molecule has 1 aliphatic carbocycles. The van der Waals surface area contributed by atoms with Gasteiger partial charge in [-0.1, -0.05) is 20.3 Å². The molecule has 0 aromatic carbocycles. The highest BCUT2D eigenvalue weighted by molar-refractivity contribution is 5.45. The number of hydrogen-bond acceptors (Lipinski definition) is 3. The average molecular weight is 234 g/mol. The summed E-state index contributed by atoms with van der Waals surface area (Å²) in [7, 11) is 1.65. The average Bonchev–Trinajstić information content (AvgIpc) is 2.28. The number of aromatic nitrogens is 1. The molecule has 0 bridgehead atoms. The molecule has 0 aliphatic heterocycles. The van der Waals surface area contributed by atoms with E-state index in [0.717, 1.165) is 5.69 Å². The van der Waals surface area contributed by atoms with E-state index in [1.54, 1.807) is 13.3 Å². The highest BCUT2D eigenvalue weighted by atomic mass is 16.5. The van der Waals surface area contributed by atoms with Crippen molar-refractivity contribution in [1.82, 2.24) is 4.98 Å². The Kier molecular flexibility index (Phi) is 3.55. The van der Waals surface area contributed by atoms with Gasteiger partial charge in [-0.25, -0.2) is 4.98 Å². The van der Waals surface area contributed by atoms with Crippen LogP contribution >= 0.6 is 0 Å². The van der Waals surface area contributed by atoms with E-state index >= 15 is 0 Å². The SMILES string of the molecule is COc1cc(NC2CCCC(C)(C)C2)ccn1. The van der Waals surface area contributed by atoms with Crippen LogP contribution in [-0.2, 0) is 0 Å². The van der Waals surface area contributed by atoms with E-state index in [9.17, 15) is 0 Å². The highest BCUT2D eigenvalue weighted by Gasteiger charge is 2.27. The number of methoxy groups -OCH3 is 1. The molecule has 1 N–H and O–H groups in total. The van der Waals surface area contributed by atoms with E-state index in [0.29, 0.717) is 17.3 Å². The summed E-state index contributed by atoms with van der Waals surface area (Å²) in [5.74, 6) is 0.671. The molecule has 1 unspecified atom stereocenters. The molecule has 1 saturated carbocycles. The standard InChI is InChI=1S/C14H22N2O/c1-14(2)7-4-5-12(10-14)16-11-6-8-15-13(9-11)17-3/h6,8-9,12H,4-5,7,10H2,1-3H3,(H,15,16). The van der Waals surface area contributed by atoms with Crippen molar-refractivity contribution in [2.75, 3.05) is 12.4 Å². The van der Waals surface area contributed by atoms with Gasteiger partial charge in [0.15, 0.2) is 0 Å². The molecular weight excluding hydrogens is 212 g/mol. The van der Waals surface area contributed by atoms with Crippen molar-refractivity contribution in [2.45, 2.75) is 45.6 Å². The van der Waals surface area contributed by atoms with Crippen molar-refractivity contribution in [2.24, 2.45) is 5.41 Å².